The fraction of sp³-hybridized carbons (Fsp3) is 0.615. The Kier molecular flexibility index (Phi) is 4.62. The number of hydrazine groups is 1. The van der Waals surface area contributed by atoms with Crippen molar-refractivity contribution in [3.8, 4) is 0 Å². The van der Waals surface area contributed by atoms with Crippen molar-refractivity contribution < 1.29 is 0 Å². The molecule has 96 valence electrons. The molecule has 17 heavy (non-hydrogen) atoms. The van der Waals surface area contributed by atoms with Gasteiger partial charge < -0.3 is 4.90 Å². The van der Waals surface area contributed by atoms with Crippen molar-refractivity contribution in [2.75, 3.05) is 14.1 Å². The molecule has 0 bridgehead atoms. The molecule has 0 aliphatic rings. The van der Waals surface area contributed by atoms with Crippen molar-refractivity contribution in [1.29, 1.82) is 0 Å². The lowest BCUT2D eigenvalue weighted by Crippen LogP contribution is -2.53. The van der Waals surface area contributed by atoms with Gasteiger partial charge in [-0.2, -0.15) is 0 Å². The summed E-state index contributed by atoms with van der Waals surface area (Å²) in [6, 6.07) is 4.17. The second-order valence-corrected chi connectivity index (χ2v) is 4.94. The Bertz CT molecular complexity index is 347. The van der Waals surface area contributed by atoms with E-state index in [1.54, 1.807) is 0 Å². The number of aryl methyl sites for hydroxylation is 1. The van der Waals surface area contributed by atoms with Crippen LogP contribution in [-0.2, 0) is 0 Å². The molecule has 0 saturated heterocycles. The fourth-order valence-corrected chi connectivity index (χ4v) is 2.06. The molecule has 1 heterocycles. The molecular weight excluding hydrogens is 212 g/mol. The van der Waals surface area contributed by atoms with E-state index in [1.165, 1.54) is 0 Å². The molecule has 0 radical (unpaired) electrons. The third kappa shape index (κ3) is 2.83. The third-order valence-electron chi connectivity index (χ3n) is 3.79. The highest BCUT2D eigenvalue weighted by Crippen LogP contribution is 2.31. The monoisotopic (exact) mass is 236 g/mol. The van der Waals surface area contributed by atoms with Crippen LogP contribution in [0.2, 0.25) is 0 Å². The van der Waals surface area contributed by atoms with Crippen molar-refractivity contribution in [2.24, 2.45) is 5.84 Å². The van der Waals surface area contributed by atoms with E-state index in [0.29, 0.717) is 0 Å². The van der Waals surface area contributed by atoms with E-state index in [0.717, 1.165) is 17.7 Å². The predicted molar refractivity (Wildman–Crippen MR) is 71.4 cm³/mol. The molecule has 0 fully saturated rings. The van der Waals surface area contributed by atoms with Gasteiger partial charge in [-0.1, -0.05) is 13.0 Å². The van der Waals surface area contributed by atoms with Crippen LogP contribution in [0.5, 0.6) is 0 Å². The molecule has 4 heteroatoms. The molecule has 0 aliphatic carbocycles. The standard InChI is InChI=1S/C13H24N4/c1-6-13(3,17(4)5)12(16-14)11-8-7-10(2)15-9-11/h7-9,12,16H,6,14H2,1-5H3. The minimum Gasteiger partial charge on any atom is -0.302 e. The molecule has 1 aromatic heterocycles. The number of aromatic nitrogens is 1. The summed E-state index contributed by atoms with van der Waals surface area (Å²) < 4.78 is 0. The molecule has 4 nitrogen and oxygen atoms in total. The zero-order valence-electron chi connectivity index (χ0n) is 11.5. The molecule has 0 saturated carbocycles. The van der Waals surface area contributed by atoms with Gasteiger partial charge in [0.25, 0.3) is 0 Å². The number of nitrogens with one attached hydrogen (secondary N) is 1. The fourth-order valence-electron chi connectivity index (χ4n) is 2.06. The number of nitrogens with zero attached hydrogens (tertiary/aromatic N) is 2. The summed E-state index contributed by atoms with van der Waals surface area (Å²) >= 11 is 0. The average molecular weight is 236 g/mol. The molecule has 1 rings (SSSR count). The van der Waals surface area contributed by atoms with Crippen LogP contribution in [0.3, 0.4) is 0 Å². The first-order chi connectivity index (χ1) is 7.95. The van der Waals surface area contributed by atoms with E-state index in [-0.39, 0.29) is 11.6 Å². The van der Waals surface area contributed by atoms with Crippen LogP contribution in [-0.4, -0.2) is 29.5 Å². The highest BCUT2D eigenvalue weighted by atomic mass is 15.3. The lowest BCUT2D eigenvalue weighted by molar-refractivity contribution is 0.113. The molecular formula is C13H24N4. The van der Waals surface area contributed by atoms with Gasteiger partial charge in [0.05, 0.1) is 6.04 Å². The largest absolute Gasteiger partial charge is 0.302 e. The van der Waals surface area contributed by atoms with E-state index in [2.05, 4.69) is 49.3 Å². The van der Waals surface area contributed by atoms with Crippen LogP contribution in [0.15, 0.2) is 18.3 Å². The van der Waals surface area contributed by atoms with Crippen molar-refractivity contribution in [3.63, 3.8) is 0 Å². The van der Waals surface area contributed by atoms with Crippen LogP contribution < -0.4 is 11.3 Å². The number of rotatable bonds is 5. The van der Waals surface area contributed by atoms with Gasteiger partial charge in [-0.25, -0.2) is 0 Å². The molecule has 0 amide bonds. The van der Waals surface area contributed by atoms with Crippen molar-refractivity contribution in [2.45, 2.75) is 38.8 Å². The number of hydrogen-bond acceptors (Lipinski definition) is 4. The lowest BCUT2D eigenvalue weighted by Gasteiger charge is -2.42. The van der Waals surface area contributed by atoms with Gasteiger partial charge in [0, 0.05) is 17.4 Å². The molecule has 2 unspecified atom stereocenters. The van der Waals surface area contributed by atoms with Gasteiger partial charge in [0.15, 0.2) is 0 Å². The first kappa shape index (κ1) is 14.1. The Labute approximate surface area is 104 Å². The first-order valence-corrected chi connectivity index (χ1v) is 6.01. The summed E-state index contributed by atoms with van der Waals surface area (Å²) in [5, 5.41) is 0. The quantitative estimate of drug-likeness (QED) is 0.602. The van der Waals surface area contributed by atoms with Crippen molar-refractivity contribution in [1.82, 2.24) is 15.3 Å². The Morgan fingerprint density at radius 1 is 1.47 bits per heavy atom. The Balaban J connectivity index is 3.09. The van der Waals surface area contributed by atoms with E-state index in [9.17, 15) is 0 Å². The predicted octanol–water partition coefficient (Wildman–Crippen LogP) is 1.62. The summed E-state index contributed by atoms with van der Waals surface area (Å²) in [5.41, 5.74) is 5.04. The number of likely N-dealkylation sites (N-methyl/N-ethyl adjacent to an activating group) is 1. The summed E-state index contributed by atoms with van der Waals surface area (Å²) in [6.07, 6.45) is 2.90. The van der Waals surface area contributed by atoms with Gasteiger partial charge in [0.1, 0.15) is 0 Å². The van der Waals surface area contributed by atoms with E-state index >= 15 is 0 Å². The first-order valence-electron chi connectivity index (χ1n) is 6.01. The maximum atomic E-state index is 5.74. The third-order valence-corrected chi connectivity index (χ3v) is 3.79. The van der Waals surface area contributed by atoms with Gasteiger partial charge in [0.2, 0.25) is 0 Å². The topological polar surface area (TPSA) is 54.2 Å². The smallest absolute Gasteiger partial charge is 0.0655 e. The van der Waals surface area contributed by atoms with E-state index in [4.69, 9.17) is 5.84 Å². The Morgan fingerprint density at radius 2 is 2.12 bits per heavy atom. The van der Waals surface area contributed by atoms with Gasteiger partial charge in [-0.3, -0.25) is 16.3 Å². The molecule has 3 N–H and O–H groups in total. The lowest BCUT2D eigenvalue weighted by atomic mass is 9.84. The van der Waals surface area contributed by atoms with Crippen LogP contribution in [0.1, 0.15) is 37.6 Å². The van der Waals surface area contributed by atoms with E-state index in [1.807, 2.05) is 19.2 Å². The molecule has 0 aromatic carbocycles. The zero-order valence-corrected chi connectivity index (χ0v) is 11.5. The zero-order chi connectivity index (χ0) is 13.1. The molecule has 2 atom stereocenters. The van der Waals surface area contributed by atoms with Crippen LogP contribution in [0.4, 0.5) is 0 Å². The Hall–Kier alpha value is -0.970. The van der Waals surface area contributed by atoms with Crippen molar-refractivity contribution >= 4 is 0 Å². The summed E-state index contributed by atoms with van der Waals surface area (Å²) in [7, 11) is 4.16. The van der Waals surface area contributed by atoms with Gasteiger partial charge >= 0.3 is 0 Å². The van der Waals surface area contributed by atoms with Crippen LogP contribution >= 0.6 is 0 Å². The average Bonchev–Trinajstić information content (AvgIpc) is 2.31. The number of hydrogen-bond donors (Lipinski definition) is 2. The van der Waals surface area contributed by atoms with Crippen LogP contribution in [0.25, 0.3) is 0 Å². The molecule has 0 spiro atoms. The van der Waals surface area contributed by atoms with Crippen molar-refractivity contribution in [3.05, 3.63) is 29.6 Å². The normalized spacial score (nSPS) is 16.9. The SMILES string of the molecule is CCC(C)(C(NN)c1ccc(C)nc1)N(C)C. The maximum absolute atomic E-state index is 5.74. The second-order valence-electron chi connectivity index (χ2n) is 4.94. The maximum Gasteiger partial charge on any atom is 0.0655 e. The second kappa shape index (κ2) is 5.58. The van der Waals surface area contributed by atoms with E-state index < -0.39 is 0 Å². The molecule has 0 aliphatic heterocycles. The highest BCUT2D eigenvalue weighted by Gasteiger charge is 2.35. The summed E-state index contributed by atoms with van der Waals surface area (Å²) in [4.78, 5) is 6.55. The minimum absolute atomic E-state index is 0.0360. The summed E-state index contributed by atoms with van der Waals surface area (Å²) in [5.74, 6) is 5.74. The molecule has 1 aromatic rings. The van der Waals surface area contributed by atoms with Gasteiger partial charge in [-0.05, 0) is 46.0 Å². The summed E-state index contributed by atoms with van der Waals surface area (Å²) in [6.45, 7) is 6.36. The highest BCUT2D eigenvalue weighted by molar-refractivity contribution is 5.21. The number of nitrogens with two attached hydrogens (primary N) is 1. The Morgan fingerprint density at radius 3 is 2.47 bits per heavy atom. The number of pyridine rings is 1. The minimum atomic E-state index is -0.0360. The van der Waals surface area contributed by atoms with Crippen LogP contribution in [0, 0.1) is 6.92 Å². The van der Waals surface area contributed by atoms with Gasteiger partial charge in [-0.15, -0.1) is 0 Å².